The molecule has 0 aliphatic carbocycles. The number of piperazine rings is 1. The van der Waals surface area contributed by atoms with Gasteiger partial charge in [-0.05, 0) is 85.9 Å². The first-order valence-electron chi connectivity index (χ1n) is 23.7. The minimum atomic E-state index is -5.07. The zero-order chi connectivity index (χ0) is 52.3. The summed E-state index contributed by atoms with van der Waals surface area (Å²) in [6.07, 6.45) is -1.75. The highest BCUT2D eigenvalue weighted by atomic mass is 19.4. The average Bonchev–Trinajstić information content (AvgIpc) is 4.08. The smallest absolute Gasteiger partial charge is 0.453 e. The van der Waals surface area contributed by atoms with E-state index in [9.17, 15) is 41.9 Å². The van der Waals surface area contributed by atoms with Crippen LogP contribution in [-0.2, 0) is 23.9 Å². The maximum absolute atomic E-state index is 14.2. The molecule has 4 N–H and O–H groups in total. The number of aromatic amines is 1. The third kappa shape index (κ3) is 11.7. The maximum Gasteiger partial charge on any atom is 0.573 e. The summed E-state index contributed by atoms with van der Waals surface area (Å²) >= 11 is 0. The third-order valence-corrected chi connectivity index (χ3v) is 13.5. The molecule has 3 saturated heterocycles. The summed E-state index contributed by atoms with van der Waals surface area (Å²) in [6.45, 7) is 13.1. The number of imidazole rings is 1. The second-order valence-corrected chi connectivity index (χ2v) is 19.6. The molecule has 0 radical (unpaired) electrons. The van der Waals surface area contributed by atoms with Gasteiger partial charge in [-0.3, -0.25) is 19.2 Å². The molecule has 0 bridgehead atoms. The van der Waals surface area contributed by atoms with Crippen molar-refractivity contribution in [3.63, 3.8) is 0 Å². The number of aromatic nitrogens is 3. The van der Waals surface area contributed by atoms with Gasteiger partial charge in [0, 0.05) is 49.9 Å². The number of anilines is 2. The highest BCUT2D eigenvalue weighted by Crippen LogP contribution is 2.43. The van der Waals surface area contributed by atoms with Crippen LogP contribution >= 0.6 is 0 Å². The first kappa shape index (κ1) is 52.4. The van der Waals surface area contributed by atoms with Crippen LogP contribution in [0.3, 0.4) is 0 Å². The lowest BCUT2D eigenvalue weighted by molar-refractivity contribution is -0.274. The normalized spacial score (nSPS) is 20.2. The molecule has 2 aromatic heterocycles. The first-order chi connectivity index (χ1) is 34.0. The predicted molar refractivity (Wildman–Crippen MR) is 258 cm³/mol. The van der Waals surface area contributed by atoms with Gasteiger partial charge in [-0.2, -0.15) is 0 Å². The van der Waals surface area contributed by atoms with Crippen LogP contribution in [0.2, 0.25) is 0 Å². The van der Waals surface area contributed by atoms with Gasteiger partial charge < -0.3 is 54.7 Å². The second kappa shape index (κ2) is 21.1. The Morgan fingerprint density at radius 3 is 2.24 bits per heavy atom. The van der Waals surface area contributed by atoms with E-state index in [1.54, 1.807) is 64.2 Å². The summed E-state index contributed by atoms with van der Waals surface area (Å²) in [4.78, 5) is 97.6. The molecule has 5 heterocycles. The number of halogens is 3. The number of alkyl halides is 3. The van der Waals surface area contributed by atoms with E-state index in [2.05, 4.69) is 40.4 Å². The number of nitrogens with one attached hydrogen (secondary N) is 4. The molecule has 19 nitrogen and oxygen atoms in total. The van der Waals surface area contributed by atoms with Crippen LogP contribution in [0.15, 0.2) is 67.0 Å². The Balaban J connectivity index is 0.988. The summed E-state index contributed by atoms with van der Waals surface area (Å²) in [5, 5.41) is 7.74. The second-order valence-electron chi connectivity index (χ2n) is 19.6. The van der Waals surface area contributed by atoms with E-state index in [1.165, 1.54) is 32.5 Å². The van der Waals surface area contributed by atoms with Crippen molar-refractivity contribution in [2.24, 2.45) is 11.3 Å². The van der Waals surface area contributed by atoms with E-state index in [4.69, 9.17) is 4.74 Å². The van der Waals surface area contributed by atoms with Gasteiger partial charge in [-0.25, -0.2) is 19.6 Å². The summed E-state index contributed by atoms with van der Waals surface area (Å²) in [5.74, 6) is -1.23. The summed E-state index contributed by atoms with van der Waals surface area (Å²) < 4.78 is 55.2. The van der Waals surface area contributed by atoms with E-state index in [-0.39, 0.29) is 58.5 Å². The summed E-state index contributed by atoms with van der Waals surface area (Å²) in [7, 11) is 2.44. The Kier molecular flexibility index (Phi) is 15.4. The predicted octanol–water partition coefficient (Wildman–Crippen LogP) is 6.74. The van der Waals surface area contributed by atoms with E-state index < -0.39 is 47.8 Å². The fourth-order valence-corrected chi connectivity index (χ4v) is 9.75. The Hall–Kier alpha value is -7.39. The standard InChI is InChI=1S/C50H61F3N10O9/c1-29(2)41(59-47(69)71-8)44(66)63-19-9-18-49(63,6)45(67)60-20-21-61(30(3)27-60)39-17-15-34(24-54-39)57-43(65)33-14-16-35(38(22-33)72-50(51,52)53)31-10-12-32(13-11-31)36-25-55-42(58-36)37-23-48(4,5)28-62(37)40(64)26-56-46(68)70-7/h10-17,22,24-25,29-30,37,41H,9,18-21,23,26-28H2,1-8H3,(H,55,58)(H,56,68)(H,57,65)(H,59,69)/t30-,37+,41?,49+/m1/s1. The van der Waals surface area contributed by atoms with Crippen molar-refractivity contribution >= 4 is 47.3 Å². The molecule has 2 aromatic carbocycles. The molecule has 7 rings (SSSR count). The number of hydrogen-bond donors (Lipinski definition) is 4. The van der Waals surface area contributed by atoms with Crippen molar-refractivity contribution in [1.82, 2.24) is 40.3 Å². The van der Waals surface area contributed by atoms with Gasteiger partial charge in [-0.15, -0.1) is 13.2 Å². The Morgan fingerprint density at radius 2 is 1.60 bits per heavy atom. The monoisotopic (exact) mass is 1000 g/mol. The minimum Gasteiger partial charge on any atom is -0.453 e. The van der Waals surface area contributed by atoms with Gasteiger partial charge in [0.05, 0.1) is 44.0 Å². The molecule has 4 aromatic rings. The van der Waals surface area contributed by atoms with Crippen molar-refractivity contribution in [3.05, 3.63) is 78.4 Å². The minimum absolute atomic E-state index is 0.0847. The number of alkyl carbamates (subject to hydrolysis) is 2. The SMILES string of the molecule is COC(=O)NCC(=O)N1CC(C)(C)C[C@H]1c1ncc(-c2ccc(-c3ccc(C(=O)Nc4ccc(N5CCN(C(=O)[C@]6(C)CCCN6C(=O)C(NC(=O)OC)C(C)C)C[C@H]5C)nc4)cc3OC(F)(F)F)cc2)[nH]1. The molecule has 6 amide bonds. The van der Waals surface area contributed by atoms with Gasteiger partial charge >= 0.3 is 18.5 Å². The van der Waals surface area contributed by atoms with Gasteiger partial charge in [0.1, 0.15) is 35.5 Å². The number of likely N-dealkylation sites (tertiary alicyclic amines) is 2. The average molecular weight is 1000 g/mol. The summed E-state index contributed by atoms with van der Waals surface area (Å²) in [5.41, 5.74) is 0.608. The van der Waals surface area contributed by atoms with Crippen LogP contribution in [0.25, 0.3) is 22.4 Å². The number of amides is 6. The van der Waals surface area contributed by atoms with Gasteiger partial charge in [0.2, 0.25) is 17.7 Å². The number of methoxy groups -OCH3 is 2. The van der Waals surface area contributed by atoms with Gasteiger partial charge in [0.25, 0.3) is 5.91 Å². The van der Waals surface area contributed by atoms with Crippen molar-refractivity contribution < 1.29 is 56.1 Å². The lowest BCUT2D eigenvalue weighted by Crippen LogP contribution is -2.64. The largest absolute Gasteiger partial charge is 0.573 e. The number of carbonyl (C=O) groups is 6. The summed E-state index contributed by atoms with van der Waals surface area (Å²) in [6, 6.07) is 12.3. The zero-order valence-electron chi connectivity index (χ0n) is 41.5. The number of pyridine rings is 1. The highest BCUT2D eigenvalue weighted by molar-refractivity contribution is 6.05. The third-order valence-electron chi connectivity index (χ3n) is 13.5. The van der Waals surface area contributed by atoms with Crippen LogP contribution < -0.4 is 25.6 Å². The van der Waals surface area contributed by atoms with E-state index in [1.807, 2.05) is 39.5 Å². The Morgan fingerprint density at radius 1 is 0.889 bits per heavy atom. The van der Waals surface area contributed by atoms with Crippen molar-refractivity contribution in [1.29, 1.82) is 0 Å². The van der Waals surface area contributed by atoms with Crippen LogP contribution in [0, 0.1) is 11.3 Å². The van der Waals surface area contributed by atoms with Gasteiger partial charge in [0.15, 0.2) is 0 Å². The fraction of sp³-hybridized carbons (Fsp3) is 0.480. The number of rotatable bonds is 13. The van der Waals surface area contributed by atoms with Crippen LogP contribution in [-0.4, -0.2) is 143 Å². The molecular weight excluding hydrogens is 942 g/mol. The lowest BCUT2D eigenvalue weighted by Gasteiger charge is -2.45. The van der Waals surface area contributed by atoms with E-state index >= 15 is 0 Å². The molecule has 4 atom stereocenters. The van der Waals surface area contributed by atoms with E-state index in [0.717, 1.165) is 6.07 Å². The first-order valence-corrected chi connectivity index (χ1v) is 23.7. The van der Waals surface area contributed by atoms with Crippen LogP contribution in [0.4, 0.5) is 34.3 Å². The molecule has 3 fully saturated rings. The number of hydrogen-bond acceptors (Lipinski definition) is 12. The quantitative estimate of drug-likeness (QED) is 0.109. The maximum atomic E-state index is 14.2. The van der Waals surface area contributed by atoms with Crippen LogP contribution in [0.1, 0.15) is 83.0 Å². The topological polar surface area (TPSA) is 221 Å². The van der Waals surface area contributed by atoms with Gasteiger partial charge in [-0.1, -0.05) is 52.0 Å². The highest BCUT2D eigenvalue weighted by Gasteiger charge is 2.50. The van der Waals surface area contributed by atoms with Crippen molar-refractivity contribution in [3.8, 4) is 28.1 Å². The molecule has 3 aliphatic rings. The molecule has 386 valence electrons. The number of benzene rings is 2. The van der Waals surface area contributed by atoms with Crippen molar-refractivity contribution in [2.75, 3.05) is 63.7 Å². The number of H-pyrrole nitrogens is 1. The zero-order valence-corrected chi connectivity index (χ0v) is 41.5. The Labute approximate surface area is 415 Å². The fourth-order valence-electron chi connectivity index (χ4n) is 9.75. The number of carbonyl (C=O) groups excluding carboxylic acids is 6. The number of ether oxygens (including phenoxy) is 3. The molecule has 0 saturated carbocycles. The Bertz CT molecular complexity index is 2660. The molecule has 0 spiro atoms. The lowest BCUT2D eigenvalue weighted by atomic mass is 9.90. The molecule has 72 heavy (non-hydrogen) atoms. The van der Waals surface area contributed by atoms with E-state index in [0.29, 0.717) is 80.4 Å². The molecule has 3 aliphatic heterocycles. The molecular formula is C50H61F3N10O9. The molecule has 1 unspecified atom stereocenters. The number of nitrogens with zero attached hydrogens (tertiary/aromatic N) is 6. The van der Waals surface area contributed by atoms with Crippen LogP contribution in [0.5, 0.6) is 5.75 Å². The van der Waals surface area contributed by atoms with Crippen molar-refractivity contribution in [2.45, 2.75) is 90.8 Å². The molecule has 22 heteroatoms.